The molecule has 2 N–H and O–H groups in total. The highest BCUT2D eigenvalue weighted by atomic mass is 32.2. The lowest BCUT2D eigenvalue weighted by molar-refractivity contribution is -0.144. The predicted octanol–water partition coefficient (Wildman–Crippen LogP) is 0.877. The molecular formula is C21H29N5O4S. The molecule has 0 amide bonds. The summed E-state index contributed by atoms with van der Waals surface area (Å²) in [6.07, 6.45) is 3.39. The maximum Gasteiger partial charge on any atom is 0.323 e. The molecule has 2 aliphatic heterocycles. The van der Waals surface area contributed by atoms with Gasteiger partial charge in [0, 0.05) is 51.1 Å². The summed E-state index contributed by atoms with van der Waals surface area (Å²) < 4.78 is 25.7. The first kappa shape index (κ1) is 22.2. The molecule has 0 bridgehead atoms. The SMILES string of the molecule is CC(=O)ONS(=O)(=O)N1CC(CC#N)(N2CCC(N[C@@H]3C[C@H]3c3ccccc3)CC2)C1. The molecule has 9 nitrogen and oxygen atoms in total. The molecule has 31 heavy (non-hydrogen) atoms. The van der Waals surface area contributed by atoms with E-state index in [1.807, 2.05) is 11.0 Å². The Hall–Kier alpha value is -2.03. The van der Waals surface area contributed by atoms with Gasteiger partial charge in [-0.15, -0.1) is 0 Å². The van der Waals surface area contributed by atoms with E-state index in [1.165, 1.54) is 16.3 Å². The number of nitrogens with one attached hydrogen (secondary N) is 2. The molecule has 3 aliphatic rings. The minimum Gasteiger partial charge on any atom is -0.355 e. The summed E-state index contributed by atoms with van der Waals surface area (Å²) in [4.78, 5) is 19.4. The zero-order valence-corrected chi connectivity index (χ0v) is 18.5. The van der Waals surface area contributed by atoms with Gasteiger partial charge in [-0.25, -0.2) is 0 Å². The zero-order valence-electron chi connectivity index (χ0n) is 17.7. The summed E-state index contributed by atoms with van der Waals surface area (Å²) in [7, 11) is -3.91. The minimum atomic E-state index is -3.91. The molecule has 2 heterocycles. The van der Waals surface area contributed by atoms with Crippen LogP contribution in [-0.4, -0.2) is 67.4 Å². The first-order valence-electron chi connectivity index (χ1n) is 10.7. The average molecular weight is 448 g/mol. The van der Waals surface area contributed by atoms with Gasteiger partial charge in [-0.2, -0.15) is 18.0 Å². The fourth-order valence-electron chi connectivity index (χ4n) is 4.79. The van der Waals surface area contributed by atoms with Gasteiger partial charge in [0.25, 0.3) is 0 Å². The van der Waals surface area contributed by atoms with Crippen LogP contribution in [0.25, 0.3) is 0 Å². The number of piperidine rings is 1. The van der Waals surface area contributed by atoms with Gasteiger partial charge in [0.05, 0.1) is 18.0 Å². The molecule has 3 fully saturated rings. The fourth-order valence-corrected chi connectivity index (χ4v) is 5.93. The second-order valence-electron chi connectivity index (χ2n) is 8.80. The van der Waals surface area contributed by atoms with E-state index in [-0.39, 0.29) is 19.5 Å². The van der Waals surface area contributed by atoms with Crippen molar-refractivity contribution in [2.75, 3.05) is 26.2 Å². The second kappa shape index (κ2) is 8.84. The van der Waals surface area contributed by atoms with E-state index in [0.717, 1.165) is 32.9 Å². The normalized spacial score (nSPS) is 26.6. The number of carbonyl (C=O) groups is 1. The summed E-state index contributed by atoms with van der Waals surface area (Å²) in [6.45, 7) is 3.21. The molecule has 1 aromatic rings. The maximum absolute atomic E-state index is 12.2. The molecule has 0 spiro atoms. The van der Waals surface area contributed by atoms with Crippen LogP contribution in [0.2, 0.25) is 0 Å². The van der Waals surface area contributed by atoms with E-state index in [0.29, 0.717) is 18.0 Å². The van der Waals surface area contributed by atoms with Gasteiger partial charge in [0.2, 0.25) is 0 Å². The van der Waals surface area contributed by atoms with Crippen molar-refractivity contribution in [3.63, 3.8) is 0 Å². The monoisotopic (exact) mass is 447 g/mol. The zero-order chi connectivity index (χ0) is 22.1. The summed E-state index contributed by atoms with van der Waals surface area (Å²) in [6, 6.07) is 13.8. The summed E-state index contributed by atoms with van der Waals surface area (Å²) in [5, 5.41) is 13.1. The third-order valence-electron chi connectivity index (χ3n) is 6.61. The van der Waals surface area contributed by atoms with Gasteiger partial charge in [-0.1, -0.05) is 30.3 Å². The van der Waals surface area contributed by atoms with E-state index in [1.54, 1.807) is 0 Å². The summed E-state index contributed by atoms with van der Waals surface area (Å²) >= 11 is 0. The Balaban J connectivity index is 1.27. The van der Waals surface area contributed by atoms with Crippen molar-refractivity contribution in [2.24, 2.45) is 0 Å². The highest BCUT2D eigenvalue weighted by Crippen LogP contribution is 2.42. The van der Waals surface area contributed by atoms with Crippen molar-refractivity contribution in [2.45, 2.75) is 56.1 Å². The largest absolute Gasteiger partial charge is 0.355 e. The molecular weight excluding hydrogens is 418 g/mol. The molecule has 0 aromatic heterocycles. The standard InChI is InChI=1S/C21H29N5O4S/c1-16(27)30-24-31(28,29)26-14-21(15-26,9-10-22)25-11-7-18(8-12-25)23-20-13-19(20)17-5-3-2-4-6-17/h2-6,18-20,23-24H,7-9,11-15H2,1H3/t19-,20+/m0/s1. The van der Waals surface area contributed by atoms with Crippen LogP contribution >= 0.6 is 0 Å². The Kier molecular flexibility index (Phi) is 6.32. The van der Waals surface area contributed by atoms with Crippen LogP contribution in [0.5, 0.6) is 0 Å². The number of carbonyl (C=O) groups excluding carboxylic acids is 1. The van der Waals surface area contributed by atoms with Crippen LogP contribution in [0.1, 0.15) is 44.1 Å². The quantitative estimate of drug-likeness (QED) is 0.569. The molecule has 0 unspecified atom stereocenters. The lowest BCUT2D eigenvalue weighted by atomic mass is 9.84. The van der Waals surface area contributed by atoms with Crippen LogP contribution in [0.15, 0.2) is 30.3 Å². The Labute approximate surface area is 183 Å². The van der Waals surface area contributed by atoms with Crippen LogP contribution in [0, 0.1) is 11.3 Å². The van der Waals surface area contributed by atoms with Crippen molar-refractivity contribution >= 4 is 16.2 Å². The minimum absolute atomic E-state index is 0.216. The number of nitrogens with zero attached hydrogens (tertiary/aromatic N) is 3. The number of hydrogen-bond acceptors (Lipinski definition) is 7. The number of hydrogen-bond donors (Lipinski definition) is 2. The highest BCUT2D eigenvalue weighted by Gasteiger charge is 2.52. The van der Waals surface area contributed by atoms with Gasteiger partial charge in [-0.3, -0.25) is 9.69 Å². The first-order chi connectivity index (χ1) is 14.8. The Bertz CT molecular complexity index is 934. The molecule has 2 saturated heterocycles. The van der Waals surface area contributed by atoms with Gasteiger partial charge in [-0.05, 0) is 29.7 Å². The topological polar surface area (TPSA) is 115 Å². The van der Waals surface area contributed by atoms with Gasteiger partial charge >= 0.3 is 16.2 Å². The fraction of sp³-hybridized carbons (Fsp3) is 0.619. The van der Waals surface area contributed by atoms with E-state index in [2.05, 4.69) is 45.4 Å². The molecule has 4 rings (SSSR count). The molecule has 2 atom stereocenters. The smallest absolute Gasteiger partial charge is 0.323 e. The average Bonchev–Trinajstić information content (AvgIpc) is 3.49. The van der Waals surface area contributed by atoms with E-state index in [9.17, 15) is 18.5 Å². The van der Waals surface area contributed by atoms with Crippen molar-refractivity contribution in [1.29, 1.82) is 5.26 Å². The first-order valence-corrected chi connectivity index (χ1v) is 12.1. The van der Waals surface area contributed by atoms with Crippen molar-refractivity contribution in [1.82, 2.24) is 19.4 Å². The predicted molar refractivity (Wildman–Crippen MR) is 114 cm³/mol. The number of rotatable bonds is 8. The number of benzene rings is 1. The van der Waals surface area contributed by atoms with Crippen molar-refractivity contribution < 1.29 is 18.0 Å². The molecule has 1 aliphatic carbocycles. The lowest BCUT2D eigenvalue weighted by Gasteiger charge is -2.55. The van der Waals surface area contributed by atoms with Crippen molar-refractivity contribution in [3.8, 4) is 6.07 Å². The lowest BCUT2D eigenvalue weighted by Crippen LogP contribution is -2.73. The third-order valence-corrected chi connectivity index (χ3v) is 7.85. The molecule has 168 valence electrons. The second-order valence-corrected chi connectivity index (χ2v) is 10.4. The van der Waals surface area contributed by atoms with Crippen LogP contribution < -0.4 is 10.2 Å². The van der Waals surface area contributed by atoms with E-state index < -0.39 is 21.7 Å². The molecule has 10 heteroatoms. The molecule has 1 saturated carbocycles. The summed E-state index contributed by atoms with van der Waals surface area (Å²) in [5.41, 5.74) is 0.917. The van der Waals surface area contributed by atoms with Crippen LogP contribution in [-0.2, 0) is 19.8 Å². The Morgan fingerprint density at radius 3 is 2.55 bits per heavy atom. The Morgan fingerprint density at radius 1 is 1.26 bits per heavy atom. The Morgan fingerprint density at radius 2 is 1.94 bits per heavy atom. The van der Waals surface area contributed by atoms with Crippen LogP contribution in [0.4, 0.5) is 0 Å². The van der Waals surface area contributed by atoms with E-state index in [4.69, 9.17) is 0 Å². The molecule has 1 aromatic carbocycles. The maximum atomic E-state index is 12.2. The number of nitriles is 1. The van der Waals surface area contributed by atoms with Gasteiger partial charge in [0.15, 0.2) is 0 Å². The van der Waals surface area contributed by atoms with E-state index >= 15 is 0 Å². The molecule has 0 radical (unpaired) electrons. The third kappa shape index (κ3) is 4.91. The van der Waals surface area contributed by atoms with Crippen LogP contribution in [0.3, 0.4) is 0 Å². The van der Waals surface area contributed by atoms with Gasteiger partial charge in [0.1, 0.15) is 0 Å². The van der Waals surface area contributed by atoms with Gasteiger partial charge < -0.3 is 10.2 Å². The highest BCUT2D eigenvalue weighted by molar-refractivity contribution is 7.87. The van der Waals surface area contributed by atoms with Crippen molar-refractivity contribution in [3.05, 3.63) is 35.9 Å². The number of likely N-dealkylation sites (tertiary alicyclic amines) is 1. The summed E-state index contributed by atoms with van der Waals surface area (Å²) in [5.74, 6) is -0.133.